The molecule has 0 rings (SSSR count). The fourth-order valence-corrected chi connectivity index (χ4v) is 1.32. The van der Waals surface area contributed by atoms with Gasteiger partial charge in [-0.15, -0.1) is 0 Å². The molecular weight excluding hydrogens is 247 g/mol. The van der Waals surface area contributed by atoms with Gasteiger partial charge in [-0.25, -0.2) is 0 Å². The smallest absolute Gasteiger partial charge is 1.00 e. The van der Waals surface area contributed by atoms with Crippen LogP contribution in [0.1, 0.15) is 13.8 Å². The van der Waals surface area contributed by atoms with Gasteiger partial charge < -0.3 is 37.2 Å². The number of rotatable bonds is 2. The molecule has 0 aliphatic carbocycles. The van der Waals surface area contributed by atoms with Crippen LogP contribution in [0.5, 0.6) is 0 Å². The zero-order valence-corrected chi connectivity index (χ0v) is 9.46. The Morgan fingerprint density at radius 3 is 1.12 bits per heavy atom. The fraction of sp³-hybridized carbons (Fsp3) is 1.00. The van der Waals surface area contributed by atoms with Crippen LogP contribution in [0.4, 0.5) is 0 Å². The summed E-state index contributed by atoms with van der Waals surface area (Å²) < 4.78 is 2.99. The number of hydrogen-bond donors (Lipinski definition) is 0. The summed E-state index contributed by atoms with van der Waals surface area (Å²) in [6, 6.07) is 0. The van der Waals surface area contributed by atoms with E-state index in [-0.39, 0.29) is 37.2 Å². The molecular formula is C4H10Cl3Nb. The number of hydrogen-bond acceptors (Lipinski definition) is 0. The maximum Gasteiger partial charge on any atom is -1.00 e. The van der Waals surface area contributed by atoms with E-state index in [1.807, 2.05) is 0 Å². The van der Waals surface area contributed by atoms with Gasteiger partial charge in [-0.2, -0.15) is 0 Å². The minimum absolute atomic E-state index is 0. The summed E-state index contributed by atoms with van der Waals surface area (Å²) in [5.74, 6) is 0. The van der Waals surface area contributed by atoms with Crippen LogP contribution in [0.3, 0.4) is 0 Å². The molecule has 0 spiro atoms. The van der Waals surface area contributed by atoms with E-state index in [1.165, 1.54) is 9.28 Å². The van der Waals surface area contributed by atoms with E-state index >= 15 is 0 Å². The topological polar surface area (TPSA) is 0 Å². The minimum Gasteiger partial charge on any atom is -1.00 e. The molecule has 0 atom stereocenters. The summed E-state index contributed by atoms with van der Waals surface area (Å²) in [5, 5.41) is 0. The quantitative estimate of drug-likeness (QED) is 0.431. The second kappa shape index (κ2) is 23.5. The largest absolute Gasteiger partial charge is 1.00 e. The first-order valence-electron chi connectivity index (χ1n) is 2.05. The average molecular weight is 257 g/mol. The minimum atomic E-state index is 0. The van der Waals surface area contributed by atoms with Crippen molar-refractivity contribution in [3.63, 3.8) is 0 Å². The van der Waals surface area contributed by atoms with Crippen LogP contribution < -0.4 is 37.2 Å². The van der Waals surface area contributed by atoms with Crippen molar-refractivity contribution in [2.24, 2.45) is 0 Å². The Morgan fingerprint density at radius 1 is 0.875 bits per heavy atom. The first-order chi connectivity index (χ1) is 2.41. The van der Waals surface area contributed by atoms with Crippen LogP contribution in [-0.4, -0.2) is 0 Å². The van der Waals surface area contributed by atoms with Crippen molar-refractivity contribution in [3.8, 4) is 0 Å². The monoisotopic (exact) mass is 256 g/mol. The van der Waals surface area contributed by atoms with Gasteiger partial charge >= 0.3 is 42.9 Å². The van der Waals surface area contributed by atoms with Crippen LogP contribution in [0.15, 0.2) is 0 Å². The summed E-state index contributed by atoms with van der Waals surface area (Å²) in [5.41, 5.74) is 0. The molecule has 0 amide bonds. The van der Waals surface area contributed by atoms with Crippen molar-refractivity contribution in [1.29, 1.82) is 0 Å². The van der Waals surface area contributed by atoms with Crippen molar-refractivity contribution in [3.05, 3.63) is 0 Å². The molecule has 0 N–H and O–H groups in total. The average Bonchev–Trinajstić information content (AvgIpc) is 1.41. The Labute approximate surface area is 79.7 Å². The molecule has 0 unspecified atom stereocenters. The van der Waals surface area contributed by atoms with Crippen LogP contribution in [-0.2, 0) is 19.8 Å². The van der Waals surface area contributed by atoms with Gasteiger partial charge in [-0.3, -0.25) is 0 Å². The van der Waals surface area contributed by atoms with Crippen LogP contribution >= 0.6 is 0 Å². The maximum atomic E-state index is 2.28. The second-order valence-corrected chi connectivity index (χ2v) is 5.06. The van der Waals surface area contributed by atoms with Crippen LogP contribution in [0, 0.1) is 0 Å². The maximum absolute atomic E-state index is 2.28. The van der Waals surface area contributed by atoms with E-state index in [2.05, 4.69) is 13.8 Å². The molecule has 0 radical (unpaired) electrons. The molecule has 0 bridgehead atoms. The molecule has 0 aliphatic rings. The van der Waals surface area contributed by atoms with Crippen molar-refractivity contribution in [2.45, 2.75) is 23.1 Å². The van der Waals surface area contributed by atoms with Gasteiger partial charge in [0.2, 0.25) is 0 Å². The van der Waals surface area contributed by atoms with E-state index in [9.17, 15) is 0 Å². The molecule has 0 aliphatic heterocycles. The summed E-state index contributed by atoms with van der Waals surface area (Å²) in [4.78, 5) is 0. The zero-order chi connectivity index (χ0) is 4.12. The molecule has 0 fully saturated rings. The Hall–Kier alpha value is 1.61. The molecule has 0 saturated heterocycles. The third-order valence-electron chi connectivity index (χ3n) is 0.447. The summed E-state index contributed by atoms with van der Waals surface area (Å²) in [6.45, 7) is 4.56. The van der Waals surface area contributed by atoms with Crippen molar-refractivity contribution in [1.82, 2.24) is 0 Å². The van der Waals surface area contributed by atoms with Gasteiger partial charge in [-0.1, -0.05) is 0 Å². The molecule has 0 aromatic rings. The van der Waals surface area contributed by atoms with E-state index in [1.54, 1.807) is 0 Å². The fourth-order valence-electron chi connectivity index (χ4n) is 0.224. The third kappa shape index (κ3) is 25.5. The summed E-state index contributed by atoms with van der Waals surface area (Å²) >= 11 is 0.356. The molecule has 0 nitrogen and oxygen atoms in total. The predicted octanol–water partition coefficient (Wildman–Crippen LogP) is -7.04. The molecule has 8 heavy (non-hydrogen) atoms. The Kier molecular flexibility index (Phi) is 66.4. The molecule has 4 heteroatoms. The van der Waals surface area contributed by atoms with Gasteiger partial charge in [-0.05, 0) is 0 Å². The van der Waals surface area contributed by atoms with Crippen molar-refractivity contribution in [2.75, 3.05) is 0 Å². The molecule has 0 aromatic carbocycles. The third-order valence-corrected chi connectivity index (χ3v) is 2.65. The summed E-state index contributed by atoms with van der Waals surface area (Å²) in [6.07, 6.45) is 0. The normalized spacial score (nSPS) is 4.25. The van der Waals surface area contributed by atoms with Crippen LogP contribution in [0.25, 0.3) is 0 Å². The predicted molar refractivity (Wildman–Crippen MR) is 21.0 cm³/mol. The Morgan fingerprint density at radius 2 is 1.12 bits per heavy atom. The van der Waals surface area contributed by atoms with E-state index in [0.29, 0.717) is 19.8 Å². The first kappa shape index (κ1) is 22.6. The molecule has 52 valence electrons. The first-order valence-corrected chi connectivity index (χ1v) is 5.16. The van der Waals surface area contributed by atoms with E-state index in [4.69, 9.17) is 0 Å². The van der Waals surface area contributed by atoms with Crippen molar-refractivity contribution >= 4 is 0 Å². The van der Waals surface area contributed by atoms with Gasteiger partial charge in [0, 0.05) is 0 Å². The van der Waals surface area contributed by atoms with Gasteiger partial charge in [0.1, 0.15) is 0 Å². The number of halogens is 3. The van der Waals surface area contributed by atoms with E-state index in [0.717, 1.165) is 0 Å². The van der Waals surface area contributed by atoms with Gasteiger partial charge in [0.15, 0.2) is 0 Å². The SMILES string of the molecule is C[CH2][Nb+3][CH2]C.[Cl-].[Cl-].[Cl-]. The molecule has 0 aromatic heterocycles. The van der Waals surface area contributed by atoms with Crippen molar-refractivity contribution < 1.29 is 57.0 Å². The zero-order valence-electron chi connectivity index (χ0n) is 5.00. The van der Waals surface area contributed by atoms with Crippen LogP contribution in [0.2, 0.25) is 9.28 Å². The second-order valence-electron chi connectivity index (χ2n) is 0.856. The standard InChI is InChI=1S/2C2H5.3ClH.Nb/c2*1-2;;;;/h2*1H2,2H3;3*1H;/q;;;;;+3/p-3. The van der Waals surface area contributed by atoms with Gasteiger partial charge in [0.05, 0.1) is 0 Å². The van der Waals surface area contributed by atoms with Gasteiger partial charge in [0.25, 0.3) is 0 Å². The Bertz CT molecular complexity index is 18.8. The van der Waals surface area contributed by atoms with E-state index < -0.39 is 0 Å². The summed E-state index contributed by atoms with van der Waals surface area (Å²) in [7, 11) is 0. The Balaban J connectivity index is -0.0000000267. The molecule has 0 saturated carbocycles. The molecule has 0 heterocycles.